The van der Waals surface area contributed by atoms with Crippen molar-refractivity contribution in [3.63, 3.8) is 0 Å². The van der Waals surface area contributed by atoms with Gasteiger partial charge in [-0.25, -0.2) is 4.98 Å². The highest BCUT2D eigenvalue weighted by atomic mass is 15.1. The Morgan fingerprint density at radius 3 is 2.72 bits per heavy atom. The van der Waals surface area contributed by atoms with E-state index < -0.39 is 0 Å². The Kier molecular flexibility index (Phi) is 4.12. The predicted molar refractivity (Wildman–Crippen MR) is 103 cm³/mol. The van der Waals surface area contributed by atoms with Crippen LogP contribution in [0.4, 0.5) is 0 Å². The molecule has 0 atom stereocenters. The van der Waals surface area contributed by atoms with E-state index in [2.05, 4.69) is 87.8 Å². The molecule has 0 saturated heterocycles. The van der Waals surface area contributed by atoms with Crippen molar-refractivity contribution in [1.82, 2.24) is 19.0 Å². The average Bonchev–Trinajstić information content (AvgIpc) is 3.27. The Labute approximate surface area is 148 Å². The zero-order valence-corrected chi connectivity index (χ0v) is 14.6. The Morgan fingerprint density at radius 1 is 0.960 bits per heavy atom. The summed E-state index contributed by atoms with van der Waals surface area (Å²) in [6, 6.07) is 21.2. The summed E-state index contributed by atoms with van der Waals surface area (Å²) in [5, 5.41) is 0. The van der Waals surface area contributed by atoms with E-state index in [1.165, 1.54) is 11.3 Å². The minimum atomic E-state index is 0.980. The number of fused-ring (bicyclic) bond motifs is 1. The van der Waals surface area contributed by atoms with Gasteiger partial charge in [-0.3, -0.25) is 4.57 Å². The third kappa shape index (κ3) is 3.08. The fourth-order valence-electron chi connectivity index (χ4n) is 3.16. The van der Waals surface area contributed by atoms with E-state index in [1.54, 1.807) is 0 Å². The lowest BCUT2D eigenvalue weighted by atomic mass is 10.1. The Balaban J connectivity index is 1.72. The molecular weight excluding hydrogens is 308 g/mol. The lowest BCUT2D eigenvalue weighted by Crippen LogP contribution is -2.18. The highest BCUT2D eigenvalue weighted by Crippen LogP contribution is 2.25. The molecule has 25 heavy (non-hydrogen) atoms. The zero-order valence-electron chi connectivity index (χ0n) is 14.6. The van der Waals surface area contributed by atoms with Gasteiger partial charge in [0.1, 0.15) is 6.33 Å². The van der Waals surface area contributed by atoms with Crippen LogP contribution in [-0.2, 0) is 6.54 Å². The van der Waals surface area contributed by atoms with Crippen LogP contribution in [0.3, 0.4) is 0 Å². The molecule has 126 valence electrons. The standard InChI is InChI=1S/C21H22N4/c1-23(2)13-14-24-12-6-11-20(24)17-7-5-8-18(15-17)25-16-22-19-9-3-4-10-21(19)25/h3-12,15-16H,13-14H2,1-2H3. The number of hydrogen-bond acceptors (Lipinski definition) is 2. The van der Waals surface area contributed by atoms with Gasteiger partial charge in [0.15, 0.2) is 0 Å². The number of benzene rings is 2. The molecule has 0 unspecified atom stereocenters. The van der Waals surface area contributed by atoms with E-state index in [0.29, 0.717) is 0 Å². The fourth-order valence-corrected chi connectivity index (χ4v) is 3.16. The van der Waals surface area contributed by atoms with Gasteiger partial charge in [0.2, 0.25) is 0 Å². The molecule has 0 aliphatic heterocycles. The lowest BCUT2D eigenvalue weighted by molar-refractivity contribution is 0.385. The summed E-state index contributed by atoms with van der Waals surface area (Å²) in [6.07, 6.45) is 4.05. The van der Waals surface area contributed by atoms with Gasteiger partial charge in [0, 0.05) is 36.2 Å². The van der Waals surface area contributed by atoms with Gasteiger partial charge in [-0.2, -0.15) is 0 Å². The second-order valence-electron chi connectivity index (χ2n) is 6.54. The second kappa shape index (κ2) is 6.57. The summed E-state index contributed by atoms with van der Waals surface area (Å²) in [4.78, 5) is 6.71. The molecule has 2 heterocycles. The van der Waals surface area contributed by atoms with E-state index in [9.17, 15) is 0 Å². The van der Waals surface area contributed by atoms with Crippen molar-refractivity contribution >= 4 is 11.0 Å². The van der Waals surface area contributed by atoms with Gasteiger partial charge in [0.25, 0.3) is 0 Å². The van der Waals surface area contributed by atoms with Crippen molar-refractivity contribution in [2.45, 2.75) is 6.54 Å². The SMILES string of the molecule is CN(C)CCn1cccc1-c1cccc(-n2cnc3ccccc32)c1. The van der Waals surface area contributed by atoms with Crippen LogP contribution in [0.15, 0.2) is 73.2 Å². The monoisotopic (exact) mass is 330 g/mol. The quantitative estimate of drug-likeness (QED) is 0.552. The molecule has 0 N–H and O–H groups in total. The summed E-state index contributed by atoms with van der Waals surface area (Å²) in [5.74, 6) is 0. The Bertz CT molecular complexity index is 994. The van der Waals surface area contributed by atoms with Crippen molar-refractivity contribution in [2.24, 2.45) is 0 Å². The Morgan fingerprint density at radius 2 is 1.84 bits per heavy atom. The first-order chi connectivity index (χ1) is 12.2. The molecular formula is C21H22N4. The average molecular weight is 330 g/mol. The van der Waals surface area contributed by atoms with Crippen molar-refractivity contribution in [2.75, 3.05) is 20.6 Å². The second-order valence-corrected chi connectivity index (χ2v) is 6.54. The number of nitrogens with zero attached hydrogens (tertiary/aromatic N) is 4. The van der Waals surface area contributed by atoms with Crippen molar-refractivity contribution in [3.8, 4) is 16.9 Å². The summed E-state index contributed by atoms with van der Waals surface area (Å²) >= 11 is 0. The number of hydrogen-bond donors (Lipinski definition) is 0. The molecule has 2 aromatic heterocycles. The summed E-state index contributed by atoms with van der Waals surface area (Å²) < 4.78 is 4.46. The van der Waals surface area contributed by atoms with Crippen molar-refractivity contribution < 1.29 is 0 Å². The molecule has 0 saturated carbocycles. The van der Waals surface area contributed by atoms with E-state index >= 15 is 0 Å². The van der Waals surface area contributed by atoms with Gasteiger partial charge >= 0.3 is 0 Å². The van der Waals surface area contributed by atoms with E-state index in [1.807, 2.05) is 18.5 Å². The lowest BCUT2D eigenvalue weighted by Gasteiger charge is -2.14. The topological polar surface area (TPSA) is 26.0 Å². The third-order valence-electron chi connectivity index (χ3n) is 4.49. The maximum Gasteiger partial charge on any atom is 0.100 e. The maximum absolute atomic E-state index is 4.51. The highest BCUT2D eigenvalue weighted by molar-refractivity contribution is 5.77. The molecule has 0 fully saturated rings. The molecule has 4 rings (SSSR count). The molecule has 4 nitrogen and oxygen atoms in total. The molecule has 0 bridgehead atoms. The number of likely N-dealkylation sites (N-methyl/N-ethyl adjacent to an activating group) is 1. The largest absolute Gasteiger partial charge is 0.346 e. The third-order valence-corrected chi connectivity index (χ3v) is 4.49. The van der Waals surface area contributed by atoms with Gasteiger partial charge in [-0.15, -0.1) is 0 Å². The first kappa shape index (κ1) is 15.7. The molecule has 0 amide bonds. The maximum atomic E-state index is 4.51. The van der Waals surface area contributed by atoms with Crippen LogP contribution in [0.2, 0.25) is 0 Å². The number of imidazole rings is 1. The van der Waals surface area contributed by atoms with Gasteiger partial charge in [-0.05, 0) is 50.5 Å². The van der Waals surface area contributed by atoms with Crippen LogP contribution in [0.5, 0.6) is 0 Å². The highest BCUT2D eigenvalue weighted by Gasteiger charge is 2.08. The molecule has 0 aliphatic rings. The minimum Gasteiger partial charge on any atom is -0.346 e. The number of para-hydroxylation sites is 2. The van der Waals surface area contributed by atoms with Crippen LogP contribution in [0.1, 0.15) is 0 Å². The normalized spacial score (nSPS) is 11.5. The first-order valence-corrected chi connectivity index (χ1v) is 8.55. The molecule has 4 heteroatoms. The summed E-state index contributed by atoms with van der Waals surface area (Å²) in [6.45, 7) is 2.00. The van der Waals surface area contributed by atoms with Crippen LogP contribution < -0.4 is 0 Å². The van der Waals surface area contributed by atoms with E-state index in [4.69, 9.17) is 0 Å². The smallest absolute Gasteiger partial charge is 0.100 e. The van der Waals surface area contributed by atoms with Crippen LogP contribution >= 0.6 is 0 Å². The minimum absolute atomic E-state index is 0.980. The molecule has 0 radical (unpaired) electrons. The van der Waals surface area contributed by atoms with Gasteiger partial charge < -0.3 is 9.47 Å². The zero-order chi connectivity index (χ0) is 17.2. The van der Waals surface area contributed by atoms with Gasteiger partial charge in [-0.1, -0.05) is 24.3 Å². The van der Waals surface area contributed by atoms with Crippen molar-refractivity contribution in [3.05, 3.63) is 73.2 Å². The fraction of sp³-hybridized carbons (Fsp3) is 0.190. The molecule has 0 spiro atoms. The summed E-state index contributed by atoms with van der Waals surface area (Å²) in [7, 11) is 4.21. The molecule has 0 aliphatic carbocycles. The number of aromatic nitrogens is 3. The van der Waals surface area contributed by atoms with Crippen LogP contribution in [-0.4, -0.2) is 39.7 Å². The van der Waals surface area contributed by atoms with Crippen LogP contribution in [0, 0.1) is 0 Å². The van der Waals surface area contributed by atoms with Gasteiger partial charge in [0.05, 0.1) is 11.0 Å². The predicted octanol–water partition coefficient (Wildman–Crippen LogP) is 4.06. The first-order valence-electron chi connectivity index (χ1n) is 8.55. The molecule has 2 aromatic carbocycles. The Hall–Kier alpha value is -2.85. The van der Waals surface area contributed by atoms with E-state index in [0.717, 1.165) is 29.8 Å². The van der Waals surface area contributed by atoms with E-state index in [-0.39, 0.29) is 0 Å². The van der Waals surface area contributed by atoms with Crippen LogP contribution in [0.25, 0.3) is 28.0 Å². The van der Waals surface area contributed by atoms with Crippen molar-refractivity contribution in [1.29, 1.82) is 0 Å². The molecule has 4 aromatic rings. The number of rotatable bonds is 5. The summed E-state index contributed by atoms with van der Waals surface area (Å²) in [5.41, 5.74) is 5.74.